The van der Waals surface area contributed by atoms with Gasteiger partial charge in [0.1, 0.15) is 6.04 Å². The standard InChI is InChI=1S/C13H19N3O3S/c1-3-9(2)12-13(17)15-11-7-5-4-6-10(11)8-16(12)20(14,18)19/h4-7,9,12H,3,8H2,1-2H3,(H,15,17)(H2,14,18,19)/t9-,12-/m0/s1. The largest absolute Gasteiger partial charge is 0.324 e. The van der Waals surface area contributed by atoms with Crippen LogP contribution in [0.15, 0.2) is 24.3 Å². The Balaban J connectivity index is 2.51. The summed E-state index contributed by atoms with van der Waals surface area (Å²) in [5.41, 5.74) is 1.37. The van der Waals surface area contributed by atoms with Gasteiger partial charge in [0.05, 0.1) is 0 Å². The molecule has 1 aromatic carbocycles. The summed E-state index contributed by atoms with van der Waals surface area (Å²) in [5, 5.41) is 8.09. The van der Waals surface area contributed by atoms with E-state index in [1.807, 2.05) is 13.8 Å². The number of anilines is 1. The molecule has 0 saturated heterocycles. The number of carbonyl (C=O) groups excluding carboxylic acids is 1. The first-order valence-electron chi connectivity index (χ1n) is 6.53. The van der Waals surface area contributed by atoms with Crippen molar-refractivity contribution in [2.75, 3.05) is 5.32 Å². The number of benzene rings is 1. The number of hydrogen-bond acceptors (Lipinski definition) is 3. The number of rotatable bonds is 3. The van der Waals surface area contributed by atoms with Crippen LogP contribution in [0, 0.1) is 5.92 Å². The summed E-state index contributed by atoms with van der Waals surface area (Å²) >= 11 is 0. The summed E-state index contributed by atoms with van der Waals surface area (Å²) in [6.45, 7) is 3.86. The van der Waals surface area contributed by atoms with Crippen molar-refractivity contribution in [1.29, 1.82) is 0 Å². The first kappa shape index (κ1) is 15.0. The Morgan fingerprint density at radius 2 is 2.10 bits per heavy atom. The number of hydrogen-bond donors (Lipinski definition) is 2. The molecule has 0 bridgehead atoms. The molecule has 7 heteroatoms. The van der Waals surface area contributed by atoms with Crippen LogP contribution in [0.2, 0.25) is 0 Å². The van der Waals surface area contributed by atoms with Crippen LogP contribution in [0.25, 0.3) is 0 Å². The van der Waals surface area contributed by atoms with Gasteiger partial charge in [0, 0.05) is 12.2 Å². The Morgan fingerprint density at radius 3 is 2.70 bits per heavy atom. The Hall–Kier alpha value is -1.44. The van der Waals surface area contributed by atoms with E-state index in [9.17, 15) is 13.2 Å². The van der Waals surface area contributed by atoms with Crippen LogP contribution in [-0.2, 0) is 21.5 Å². The van der Waals surface area contributed by atoms with Crippen LogP contribution < -0.4 is 10.5 Å². The number of nitrogens with two attached hydrogens (primary N) is 1. The molecule has 1 aromatic rings. The lowest BCUT2D eigenvalue weighted by atomic mass is 9.98. The summed E-state index contributed by atoms with van der Waals surface area (Å²) < 4.78 is 24.8. The molecule has 0 aromatic heterocycles. The van der Waals surface area contributed by atoms with Gasteiger partial charge in [0.15, 0.2) is 0 Å². The second kappa shape index (κ2) is 5.51. The van der Waals surface area contributed by atoms with E-state index >= 15 is 0 Å². The van der Waals surface area contributed by atoms with Gasteiger partial charge < -0.3 is 5.32 Å². The molecule has 1 aliphatic rings. The Bertz CT molecular complexity index is 615. The fraction of sp³-hybridized carbons (Fsp3) is 0.462. The summed E-state index contributed by atoms with van der Waals surface area (Å²) in [4.78, 5) is 12.4. The quantitative estimate of drug-likeness (QED) is 0.873. The van der Waals surface area contributed by atoms with Crippen molar-refractivity contribution in [3.63, 3.8) is 0 Å². The van der Waals surface area contributed by atoms with Crippen LogP contribution >= 0.6 is 0 Å². The van der Waals surface area contributed by atoms with Gasteiger partial charge in [0.25, 0.3) is 10.2 Å². The van der Waals surface area contributed by atoms with Crippen LogP contribution in [-0.4, -0.2) is 24.7 Å². The topological polar surface area (TPSA) is 92.5 Å². The molecule has 20 heavy (non-hydrogen) atoms. The van der Waals surface area contributed by atoms with Gasteiger partial charge in [-0.1, -0.05) is 38.5 Å². The molecule has 3 N–H and O–H groups in total. The molecule has 0 aliphatic carbocycles. The maximum Gasteiger partial charge on any atom is 0.277 e. The molecule has 0 saturated carbocycles. The fourth-order valence-corrected chi connectivity index (χ4v) is 3.34. The van der Waals surface area contributed by atoms with Crippen LogP contribution in [0.3, 0.4) is 0 Å². The lowest BCUT2D eigenvalue weighted by molar-refractivity contribution is -0.121. The normalized spacial score (nSPS) is 21.8. The van der Waals surface area contributed by atoms with Gasteiger partial charge in [0.2, 0.25) is 5.91 Å². The summed E-state index contributed by atoms with van der Waals surface area (Å²) in [5.74, 6) is -0.457. The minimum absolute atomic E-state index is 0.1000. The number of fused-ring (bicyclic) bond motifs is 1. The van der Waals surface area contributed by atoms with E-state index in [4.69, 9.17) is 5.14 Å². The van der Waals surface area contributed by atoms with E-state index in [0.717, 1.165) is 9.87 Å². The van der Waals surface area contributed by atoms with Gasteiger partial charge in [-0.25, -0.2) is 5.14 Å². The van der Waals surface area contributed by atoms with Crippen LogP contribution in [0.4, 0.5) is 5.69 Å². The van der Waals surface area contributed by atoms with Gasteiger partial charge in [-0.2, -0.15) is 12.7 Å². The fourth-order valence-electron chi connectivity index (χ4n) is 2.40. The third-order valence-corrected chi connectivity index (χ3v) is 4.70. The van der Waals surface area contributed by atoms with Crippen molar-refractivity contribution in [1.82, 2.24) is 4.31 Å². The minimum atomic E-state index is -3.96. The molecule has 1 heterocycles. The Labute approximate surface area is 119 Å². The van der Waals surface area contributed by atoms with E-state index < -0.39 is 16.3 Å². The monoisotopic (exact) mass is 297 g/mol. The average molecular weight is 297 g/mol. The third kappa shape index (κ3) is 2.84. The van der Waals surface area contributed by atoms with Crippen molar-refractivity contribution in [2.24, 2.45) is 11.1 Å². The average Bonchev–Trinajstić information content (AvgIpc) is 2.53. The number of amides is 1. The first-order valence-corrected chi connectivity index (χ1v) is 8.03. The highest BCUT2D eigenvalue weighted by atomic mass is 32.2. The van der Waals surface area contributed by atoms with Gasteiger partial charge in [-0.3, -0.25) is 4.79 Å². The zero-order chi connectivity index (χ0) is 14.9. The number of para-hydroxylation sites is 1. The molecule has 6 nitrogen and oxygen atoms in total. The summed E-state index contributed by atoms with van der Waals surface area (Å²) in [6.07, 6.45) is 0.681. The smallest absolute Gasteiger partial charge is 0.277 e. The van der Waals surface area contributed by atoms with Gasteiger partial charge in [-0.05, 0) is 17.5 Å². The van der Waals surface area contributed by atoms with Crippen molar-refractivity contribution >= 4 is 21.8 Å². The van der Waals surface area contributed by atoms with E-state index in [1.54, 1.807) is 24.3 Å². The third-order valence-electron chi connectivity index (χ3n) is 3.69. The van der Waals surface area contributed by atoms with Crippen molar-refractivity contribution in [2.45, 2.75) is 32.9 Å². The predicted molar refractivity (Wildman–Crippen MR) is 77.0 cm³/mol. The predicted octanol–water partition coefficient (Wildman–Crippen LogP) is 1.06. The number of nitrogens with one attached hydrogen (secondary N) is 1. The molecule has 0 unspecified atom stereocenters. The SMILES string of the molecule is CC[C@H](C)[C@H]1C(=O)Nc2ccccc2CN1S(N)(=O)=O. The number of carbonyl (C=O) groups is 1. The van der Waals surface area contributed by atoms with Crippen LogP contribution in [0.1, 0.15) is 25.8 Å². The van der Waals surface area contributed by atoms with Crippen molar-refractivity contribution in [3.8, 4) is 0 Å². The van der Waals surface area contributed by atoms with E-state index in [-0.39, 0.29) is 18.4 Å². The van der Waals surface area contributed by atoms with Crippen LogP contribution in [0.5, 0.6) is 0 Å². The Morgan fingerprint density at radius 1 is 1.45 bits per heavy atom. The molecule has 110 valence electrons. The maximum atomic E-state index is 12.4. The lowest BCUT2D eigenvalue weighted by Gasteiger charge is -2.29. The number of nitrogens with zero attached hydrogens (tertiary/aromatic N) is 1. The molecule has 1 aliphatic heterocycles. The van der Waals surface area contributed by atoms with Gasteiger partial charge in [-0.15, -0.1) is 0 Å². The van der Waals surface area contributed by atoms with Crippen molar-refractivity contribution < 1.29 is 13.2 Å². The maximum absolute atomic E-state index is 12.4. The lowest BCUT2D eigenvalue weighted by Crippen LogP contribution is -2.51. The van der Waals surface area contributed by atoms with E-state index in [0.29, 0.717) is 12.1 Å². The van der Waals surface area contributed by atoms with Crippen molar-refractivity contribution in [3.05, 3.63) is 29.8 Å². The summed E-state index contributed by atoms with van der Waals surface area (Å²) in [6, 6.07) is 6.35. The molecule has 0 spiro atoms. The second-order valence-corrected chi connectivity index (χ2v) is 6.57. The molecule has 2 atom stereocenters. The molecular weight excluding hydrogens is 278 g/mol. The van der Waals surface area contributed by atoms with E-state index in [2.05, 4.69) is 5.32 Å². The zero-order valence-electron chi connectivity index (χ0n) is 11.5. The first-order chi connectivity index (χ1) is 9.34. The highest BCUT2D eigenvalue weighted by Crippen LogP contribution is 2.28. The molecule has 0 fully saturated rings. The molecular formula is C13H19N3O3S. The van der Waals surface area contributed by atoms with Gasteiger partial charge >= 0.3 is 0 Å². The van der Waals surface area contributed by atoms with E-state index in [1.165, 1.54) is 0 Å². The molecule has 0 radical (unpaired) electrons. The highest BCUT2D eigenvalue weighted by molar-refractivity contribution is 7.86. The highest BCUT2D eigenvalue weighted by Gasteiger charge is 2.38. The summed E-state index contributed by atoms with van der Waals surface area (Å²) in [7, 11) is -3.96. The Kier molecular flexibility index (Phi) is 4.12. The zero-order valence-corrected chi connectivity index (χ0v) is 12.4. The second-order valence-electron chi connectivity index (χ2n) is 5.07. The molecule has 1 amide bonds. The molecule has 2 rings (SSSR count). The minimum Gasteiger partial charge on any atom is -0.324 e.